The molecular formula is C21H44N2. The van der Waals surface area contributed by atoms with E-state index in [0.717, 1.165) is 6.04 Å². The molecule has 1 unspecified atom stereocenters. The summed E-state index contributed by atoms with van der Waals surface area (Å²) in [6.45, 7) is 9.88. The first-order valence-electron chi connectivity index (χ1n) is 10.8. The Morgan fingerprint density at radius 3 is 1.83 bits per heavy atom. The van der Waals surface area contributed by atoms with Crippen LogP contribution in [0, 0.1) is 0 Å². The van der Waals surface area contributed by atoms with Gasteiger partial charge in [0.25, 0.3) is 0 Å². The van der Waals surface area contributed by atoms with Crippen molar-refractivity contribution in [2.24, 2.45) is 0 Å². The number of hydrogen-bond donors (Lipinski definition) is 1. The predicted molar refractivity (Wildman–Crippen MR) is 104 cm³/mol. The second-order valence-corrected chi connectivity index (χ2v) is 7.55. The van der Waals surface area contributed by atoms with E-state index in [1.54, 1.807) is 0 Å². The van der Waals surface area contributed by atoms with Crippen LogP contribution in [0.25, 0.3) is 0 Å². The first-order valence-corrected chi connectivity index (χ1v) is 10.8. The molecule has 2 fully saturated rings. The molecule has 1 atom stereocenters. The molecule has 2 nitrogen and oxygen atoms in total. The Morgan fingerprint density at radius 1 is 0.696 bits per heavy atom. The van der Waals surface area contributed by atoms with Crippen LogP contribution < -0.4 is 5.32 Å². The second kappa shape index (κ2) is 15.4. The molecule has 0 aromatic heterocycles. The third-order valence-electron chi connectivity index (χ3n) is 5.40. The standard InChI is InChI=1S/C17H35N.C4H9N/c1-3-5-7-8-9-10-14-17(13-6-4-2)18-15-11-12-16-18;1-2-4-5-3-1/h17H,3-16H2,1-2H3;5H,1-4H2. The van der Waals surface area contributed by atoms with Crippen LogP contribution in [0.2, 0.25) is 0 Å². The van der Waals surface area contributed by atoms with Gasteiger partial charge in [0.1, 0.15) is 0 Å². The smallest absolute Gasteiger partial charge is 0.00952 e. The summed E-state index contributed by atoms with van der Waals surface area (Å²) >= 11 is 0. The summed E-state index contributed by atoms with van der Waals surface area (Å²) in [5.41, 5.74) is 0. The van der Waals surface area contributed by atoms with Crippen molar-refractivity contribution in [2.45, 2.75) is 110 Å². The molecule has 0 aromatic carbocycles. The van der Waals surface area contributed by atoms with E-state index >= 15 is 0 Å². The molecule has 23 heavy (non-hydrogen) atoms. The Balaban J connectivity index is 0.000000446. The molecule has 0 aromatic rings. The first kappa shape index (κ1) is 21.0. The van der Waals surface area contributed by atoms with Crippen LogP contribution in [0.4, 0.5) is 0 Å². The van der Waals surface area contributed by atoms with E-state index in [-0.39, 0.29) is 0 Å². The average Bonchev–Trinajstić information content (AvgIpc) is 3.29. The molecule has 2 aliphatic rings. The fraction of sp³-hybridized carbons (Fsp3) is 1.00. The maximum atomic E-state index is 3.22. The fourth-order valence-corrected chi connectivity index (χ4v) is 3.84. The van der Waals surface area contributed by atoms with Crippen LogP contribution in [-0.2, 0) is 0 Å². The molecule has 1 N–H and O–H groups in total. The lowest BCUT2D eigenvalue weighted by Crippen LogP contribution is -2.32. The second-order valence-electron chi connectivity index (χ2n) is 7.55. The van der Waals surface area contributed by atoms with Crippen molar-refractivity contribution in [3.8, 4) is 0 Å². The molecule has 0 amide bonds. The number of unbranched alkanes of at least 4 members (excludes halogenated alkanes) is 6. The summed E-state index contributed by atoms with van der Waals surface area (Å²) in [5, 5.41) is 3.22. The third-order valence-corrected chi connectivity index (χ3v) is 5.40. The molecule has 0 bridgehead atoms. The van der Waals surface area contributed by atoms with Gasteiger partial charge in [0, 0.05) is 6.04 Å². The SMILES string of the molecule is C1CCNC1.CCCCCCCCC(CCCC)N1CCCC1. The molecule has 2 heterocycles. The van der Waals surface area contributed by atoms with Crippen LogP contribution in [-0.4, -0.2) is 37.1 Å². The quantitative estimate of drug-likeness (QED) is 0.486. The van der Waals surface area contributed by atoms with Crippen molar-refractivity contribution in [3.05, 3.63) is 0 Å². The molecule has 0 aliphatic carbocycles. The van der Waals surface area contributed by atoms with E-state index in [1.165, 1.54) is 116 Å². The zero-order chi connectivity index (χ0) is 16.6. The number of nitrogens with zero attached hydrogens (tertiary/aromatic N) is 1. The highest BCUT2D eigenvalue weighted by molar-refractivity contribution is 4.76. The van der Waals surface area contributed by atoms with Crippen LogP contribution in [0.5, 0.6) is 0 Å². The lowest BCUT2D eigenvalue weighted by molar-refractivity contribution is 0.210. The van der Waals surface area contributed by atoms with Crippen molar-refractivity contribution >= 4 is 0 Å². The topological polar surface area (TPSA) is 15.3 Å². The largest absolute Gasteiger partial charge is 0.317 e. The summed E-state index contributed by atoms with van der Waals surface area (Å²) in [5.74, 6) is 0. The van der Waals surface area contributed by atoms with Gasteiger partial charge in [-0.05, 0) is 64.7 Å². The minimum Gasteiger partial charge on any atom is -0.317 e. The average molecular weight is 325 g/mol. The zero-order valence-corrected chi connectivity index (χ0v) is 16.3. The summed E-state index contributed by atoms with van der Waals surface area (Å²) in [6.07, 6.45) is 20.0. The van der Waals surface area contributed by atoms with Gasteiger partial charge in [-0.25, -0.2) is 0 Å². The van der Waals surface area contributed by atoms with Crippen molar-refractivity contribution in [2.75, 3.05) is 26.2 Å². The lowest BCUT2D eigenvalue weighted by atomic mass is 10.0. The van der Waals surface area contributed by atoms with E-state index in [2.05, 4.69) is 24.1 Å². The van der Waals surface area contributed by atoms with Crippen LogP contribution >= 0.6 is 0 Å². The van der Waals surface area contributed by atoms with Gasteiger partial charge < -0.3 is 10.2 Å². The Kier molecular flexibility index (Phi) is 14.1. The lowest BCUT2D eigenvalue weighted by Gasteiger charge is -2.27. The van der Waals surface area contributed by atoms with Gasteiger partial charge in [0.05, 0.1) is 0 Å². The molecule has 2 saturated heterocycles. The van der Waals surface area contributed by atoms with Crippen LogP contribution in [0.3, 0.4) is 0 Å². The van der Waals surface area contributed by atoms with Crippen molar-refractivity contribution in [1.29, 1.82) is 0 Å². The van der Waals surface area contributed by atoms with Crippen LogP contribution in [0.1, 0.15) is 104 Å². The normalized spacial score (nSPS) is 19.6. The minimum atomic E-state index is 0.915. The summed E-state index contributed by atoms with van der Waals surface area (Å²) in [7, 11) is 0. The summed E-state index contributed by atoms with van der Waals surface area (Å²) in [4.78, 5) is 2.78. The Labute approximate surface area is 146 Å². The third kappa shape index (κ3) is 11.2. The number of nitrogens with one attached hydrogen (secondary N) is 1. The zero-order valence-electron chi connectivity index (χ0n) is 16.3. The van der Waals surface area contributed by atoms with Crippen LogP contribution in [0.15, 0.2) is 0 Å². The maximum absolute atomic E-state index is 3.22. The molecule has 138 valence electrons. The van der Waals surface area contributed by atoms with Gasteiger partial charge in [-0.15, -0.1) is 0 Å². The van der Waals surface area contributed by atoms with E-state index in [4.69, 9.17) is 0 Å². The van der Waals surface area contributed by atoms with Crippen molar-refractivity contribution in [1.82, 2.24) is 10.2 Å². The van der Waals surface area contributed by atoms with E-state index < -0.39 is 0 Å². The highest BCUT2D eigenvalue weighted by atomic mass is 15.2. The van der Waals surface area contributed by atoms with Crippen molar-refractivity contribution in [3.63, 3.8) is 0 Å². The van der Waals surface area contributed by atoms with E-state index in [1.807, 2.05) is 0 Å². The first-order chi connectivity index (χ1) is 11.4. The molecule has 0 spiro atoms. The minimum absolute atomic E-state index is 0.915. The maximum Gasteiger partial charge on any atom is 0.00952 e. The molecule has 2 rings (SSSR count). The molecule has 0 saturated carbocycles. The summed E-state index contributed by atoms with van der Waals surface area (Å²) in [6, 6.07) is 0.915. The highest BCUT2D eigenvalue weighted by Gasteiger charge is 2.20. The molecular weight excluding hydrogens is 280 g/mol. The van der Waals surface area contributed by atoms with Crippen molar-refractivity contribution < 1.29 is 0 Å². The van der Waals surface area contributed by atoms with Gasteiger partial charge >= 0.3 is 0 Å². The van der Waals surface area contributed by atoms with Gasteiger partial charge in [0.2, 0.25) is 0 Å². The van der Waals surface area contributed by atoms with E-state index in [0.29, 0.717) is 0 Å². The Morgan fingerprint density at radius 2 is 1.26 bits per heavy atom. The number of hydrogen-bond acceptors (Lipinski definition) is 2. The molecule has 2 heteroatoms. The summed E-state index contributed by atoms with van der Waals surface area (Å²) < 4.78 is 0. The van der Waals surface area contributed by atoms with Gasteiger partial charge in [-0.1, -0.05) is 65.2 Å². The Hall–Kier alpha value is -0.0800. The number of rotatable bonds is 11. The van der Waals surface area contributed by atoms with Gasteiger partial charge in [0.15, 0.2) is 0 Å². The van der Waals surface area contributed by atoms with E-state index in [9.17, 15) is 0 Å². The molecule has 0 radical (unpaired) electrons. The fourth-order valence-electron chi connectivity index (χ4n) is 3.84. The highest BCUT2D eigenvalue weighted by Crippen LogP contribution is 2.21. The Bertz CT molecular complexity index is 224. The number of likely N-dealkylation sites (tertiary alicyclic amines) is 1. The molecule has 2 aliphatic heterocycles. The monoisotopic (exact) mass is 324 g/mol. The van der Waals surface area contributed by atoms with Gasteiger partial charge in [-0.3, -0.25) is 0 Å². The predicted octanol–water partition coefficient (Wildman–Crippen LogP) is 5.76. The van der Waals surface area contributed by atoms with Gasteiger partial charge in [-0.2, -0.15) is 0 Å².